The smallest absolute Gasteiger partial charge is 0.303 e. The summed E-state index contributed by atoms with van der Waals surface area (Å²) in [5, 5.41) is 17.3. The van der Waals surface area contributed by atoms with E-state index in [9.17, 15) is 4.79 Å². The van der Waals surface area contributed by atoms with E-state index in [1.165, 1.54) is 0 Å². The SMILES string of the molecule is CCCCCC(CO)CC(=O)O. The van der Waals surface area contributed by atoms with Crippen LogP contribution in [0.2, 0.25) is 0 Å². The molecule has 0 saturated carbocycles. The number of carbonyl (C=O) groups is 1. The molecule has 0 aliphatic carbocycles. The van der Waals surface area contributed by atoms with E-state index in [1.807, 2.05) is 0 Å². The predicted molar refractivity (Wildman–Crippen MR) is 47.0 cm³/mol. The Bertz CT molecular complexity index is 123. The maximum atomic E-state index is 10.3. The van der Waals surface area contributed by atoms with Crippen molar-refractivity contribution in [3.63, 3.8) is 0 Å². The average Bonchev–Trinajstić information content (AvgIpc) is 2.02. The molecule has 0 aromatic heterocycles. The van der Waals surface area contributed by atoms with Gasteiger partial charge in [-0.1, -0.05) is 26.2 Å². The summed E-state index contributed by atoms with van der Waals surface area (Å²) in [6.45, 7) is 2.10. The summed E-state index contributed by atoms with van der Waals surface area (Å²) in [7, 11) is 0. The van der Waals surface area contributed by atoms with E-state index in [-0.39, 0.29) is 18.9 Å². The summed E-state index contributed by atoms with van der Waals surface area (Å²) < 4.78 is 0. The largest absolute Gasteiger partial charge is 0.481 e. The van der Waals surface area contributed by atoms with Gasteiger partial charge < -0.3 is 10.2 Å². The molecule has 1 unspecified atom stereocenters. The zero-order chi connectivity index (χ0) is 9.40. The van der Waals surface area contributed by atoms with Crippen LogP contribution in [0.3, 0.4) is 0 Å². The van der Waals surface area contributed by atoms with E-state index in [0.29, 0.717) is 0 Å². The van der Waals surface area contributed by atoms with Gasteiger partial charge in [0.15, 0.2) is 0 Å². The standard InChI is InChI=1S/C9H18O3/c1-2-3-4-5-8(7-10)6-9(11)12/h8,10H,2-7H2,1H3,(H,11,12). The van der Waals surface area contributed by atoms with Crippen molar-refractivity contribution in [3.8, 4) is 0 Å². The quantitative estimate of drug-likeness (QED) is 0.577. The maximum absolute atomic E-state index is 10.3. The number of aliphatic hydroxyl groups is 1. The number of rotatable bonds is 7. The molecule has 0 radical (unpaired) electrons. The third-order valence-electron chi connectivity index (χ3n) is 1.94. The lowest BCUT2D eigenvalue weighted by molar-refractivity contribution is -0.138. The molecule has 3 heteroatoms. The third-order valence-corrected chi connectivity index (χ3v) is 1.94. The molecule has 0 fully saturated rings. The predicted octanol–water partition coefficient (Wildman–Crippen LogP) is 1.65. The van der Waals surface area contributed by atoms with E-state index in [2.05, 4.69) is 6.92 Å². The van der Waals surface area contributed by atoms with Crippen LogP contribution < -0.4 is 0 Å². The Kier molecular flexibility index (Phi) is 6.76. The first kappa shape index (κ1) is 11.4. The van der Waals surface area contributed by atoms with Crippen molar-refractivity contribution in [2.45, 2.75) is 39.0 Å². The fraction of sp³-hybridized carbons (Fsp3) is 0.889. The normalized spacial score (nSPS) is 12.8. The molecule has 2 N–H and O–H groups in total. The first-order valence-electron chi connectivity index (χ1n) is 4.53. The van der Waals surface area contributed by atoms with Crippen LogP contribution in [0, 0.1) is 5.92 Å². The van der Waals surface area contributed by atoms with Crippen LogP contribution in [0.4, 0.5) is 0 Å². The van der Waals surface area contributed by atoms with Gasteiger partial charge in [-0.25, -0.2) is 0 Å². The zero-order valence-corrected chi connectivity index (χ0v) is 7.62. The van der Waals surface area contributed by atoms with Gasteiger partial charge in [0.2, 0.25) is 0 Å². The second-order valence-corrected chi connectivity index (χ2v) is 3.14. The number of hydrogen-bond acceptors (Lipinski definition) is 2. The number of carboxylic acid groups (broad SMARTS) is 1. The molecule has 0 aliphatic heterocycles. The molecule has 0 aromatic rings. The molecule has 0 saturated heterocycles. The molecular formula is C9H18O3. The van der Waals surface area contributed by atoms with Crippen LogP contribution in [0.5, 0.6) is 0 Å². The fourth-order valence-corrected chi connectivity index (χ4v) is 1.19. The fourth-order valence-electron chi connectivity index (χ4n) is 1.19. The molecule has 72 valence electrons. The lowest BCUT2D eigenvalue weighted by Crippen LogP contribution is -2.11. The number of hydrogen-bond donors (Lipinski definition) is 2. The number of aliphatic hydroxyl groups excluding tert-OH is 1. The summed E-state index contributed by atoms with van der Waals surface area (Å²) in [6.07, 6.45) is 4.20. The minimum Gasteiger partial charge on any atom is -0.481 e. The van der Waals surface area contributed by atoms with Gasteiger partial charge in [0.05, 0.1) is 6.42 Å². The Morgan fingerprint density at radius 3 is 2.50 bits per heavy atom. The Morgan fingerprint density at radius 2 is 2.08 bits per heavy atom. The highest BCUT2D eigenvalue weighted by molar-refractivity contribution is 5.66. The molecule has 12 heavy (non-hydrogen) atoms. The van der Waals surface area contributed by atoms with Gasteiger partial charge in [0.25, 0.3) is 0 Å². The molecule has 0 aromatic carbocycles. The summed E-state index contributed by atoms with van der Waals surface area (Å²) in [4.78, 5) is 10.3. The summed E-state index contributed by atoms with van der Waals surface area (Å²) in [6, 6.07) is 0. The second kappa shape index (κ2) is 7.10. The summed E-state index contributed by atoms with van der Waals surface area (Å²) in [5.74, 6) is -0.861. The summed E-state index contributed by atoms with van der Waals surface area (Å²) in [5.41, 5.74) is 0. The van der Waals surface area contributed by atoms with Crippen molar-refractivity contribution in [2.24, 2.45) is 5.92 Å². The van der Waals surface area contributed by atoms with E-state index >= 15 is 0 Å². The molecule has 0 spiro atoms. The van der Waals surface area contributed by atoms with Crippen LogP contribution in [-0.4, -0.2) is 22.8 Å². The van der Waals surface area contributed by atoms with Crippen LogP contribution in [0.25, 0.3) is 0 Å². The van der Waals surface area contributed by atoms with Crippen molar-refractivity contribution in [2.75, 3.05) is 6.61 Å². The zero-order valence-electron chi connectivity index (χ0n) is 7.62. The number of aliphatic carboxylic acids is 1. The highest BCUT2D eigenvalue weighted by Crippen LogP contribution is 2.12. The Hall–Kier alpha value is -0.570. The minimum atomic E-state index is -0.814. The highest BCUT2D eigenvalue weighted by Gasteiger charge is 2.10. The Labute approximate surface area is 73.4 Å². The molecular weight excluding hydrogens is 156 g/mol. The molecule has 1 atom stereocenters. The van der Waals surface area contributed by atoms with E-state index in [4.69, 9.17) is 10.2 Å². The van der Waals surface area contributed by atoms with E-state index in [1.54, 1.807) is 0 Å². The van der Waals surface area contributed by atoms with Crippen molar-refractivity contribution < 1.29 is 15.0 Å². The number of carboxylic acids is 1. The molecule has 3 nitrogen and oxygen atoms in total. The molecule has 0 amide bonds. The van der Waals surface area contributed by atoms with Gasteiger partial charge in [-0.05, 0) is 12.3 Å². The van der Waals surface area contributed by atoms with Gasteiger partial charge in [0, 0.05) is 6.61 Å². The van der Waals surface area contributed by atoms with E-state index in [0.717, 1.165) is 25.7 Å². The van der Waals surface area contributed by atoms with Crippen LogP contribution in [-0.2, 0) is 4.79 Å². The van der Waals surface area contributed by atoms with Gasteiger partial charge in [-0.3, -0.25) is 4.79 Å². The minimum absolute atomic E-state index is 0.00395. The van der Waals surface area contributed by atoms with Gasteiger partial charge >= 0.3 is 5.97 Å². The highest BCUT2D eigenvalue weighted by atomic mass is 16.4. The topological polar surface area (TPSA) is 57.5 Å². The van der Waals surface area contributed by atoms with Crippen molar-refractivity contribution in [1.29, 1.82) is 0 Å². The first-order chi connectivity index (χ1) is 5.70. The monoisotopic (exact) mass is 174 g/mol. The molecule has 0 rings (SSSR count). The van der Waals surface area contributed by atoms with Crippen molar-refractivity contribution in [1.82, 2.24) is 0 Å². The summed E-state index contributed by atoms with van der Waals surface area (Å²) >= 11 is 0. The van der Waals surface area contributed by atoms with Gasteiger partial charge in [0.1, 0.15) is 0 Å². The average molecular weight is 174 g/mol. The van der Waals surface area contributed by atoms with Crippen LogP contribution >= 0.6 is 0 Å². The van der Waals surface area contributed by atoms with Crippen LogP contribution in [0.15, 0.2) is 0 Å². The first-order valence-corrected chi connectivity index (χ1v) is 4.53. The lowest BCUT2D eigenvalue weighted by atomic mass is 9.99. The number of unbranched alkanes of at least 4 members (excludes halogenated alkanes) is 2. The van der Waals surface area contributed by atoms with Gasteiger partial charge in [-0.15, -0.1) is 0 Å². The lowest BCUT2D eigenvalue weighted by Gasteiger charge is -2.10. The Morgan fingerprint density at radius 1 is 1.42 bits per heavy atom. The van der Waals surface area contributed by atoms with Crippen LogP contribution in [0.1, 0.15) is 39.0 Å². The Balaban J connectivity index is 3.46. The maximum Gasteiger partial charge on any atom is 0.303 e. The van der Waals surface area contributed by atoms with Crippen molar-refractivity contribution >= 4 is 5.97 Å². The molecule has 0 heterocycles. The molecule has 0 bridgehead atoms. The third kappa shape index (κ3) is 6.16. The van der Waals surface area contributed by atoms with Gasteiger partial charge in [-0.2, -0.15) is 0 Å². The second-order valence-electron chi connectivity index (χ2n) is 3.14. The van der Waals surface area contributed by atoms with E-state index < -0.39 is 5.97 Å². The van der Waals surface area contributed by atoms with Crippen molar-refractivity contribution in [3.05, 3.63) is 0 Å². The molecule has 0 aliphatic rings.